The number of hydrogen-bond donors (Lipinski definition) is 0. The van der Waals surface area contributed by atoms with Crippen LogP contribution < -0.4 is 9.80 Å². The van der Waals surface area contributed by atoms with Crippen LogP contribution in [0.4, 0.5) is 34.1 Å². The van der Waals surface area contributed by atoms with Gasteiger partial charge in [-0.05, 0) is 108 Å². The highest BCUT2D eigenvalue weighted by molar-refractivity contribution is 5.98. The van der Waals surface area contributed by atoms with Gasteiger partial charge in [0, 0.05) is 33.8 Å². The van der Waals surface area contributed by atoms with Gasteiger partial charge < -0.3 is 9.80 Å². The Morgan fingerprint density at radius 2 is 0.826 bits per heavy atom. The van der Waals surface area contributed by atoms with Crippen molar-refractivity contribution in [2.24, 2.45) is 0 Å². The summed E-state index contributed by atoms with van der Waals surface area (Å²) in [6, 6.07) is 60.6. The first kappa shape index (κ1) is 28.9. The van der Waals surface area contributed by atoms with Crippen molar-refractivity contribution < 1.29 is 0 Å². The monoisotopic (exact) mass is 592 g/mol. The van der Waals surface area contributed by atoms with Gasteiger partial charge in [-0.25, -0.2) is 0 Å². The van der Waals surface area contributed by atoms with Crippen molar-refractivity contribution in [3.63, 3.8) is 0 Å². The summed E-state index contributed by atoms with van der Waals surface area (Å²) in [6.07, 6.45) is 4.37. The smallest absolute Gasteiger partial charge is 0.0540 e. The molecule has 0 radical (unpaired) electrons. The molecule has 0 aliphatic rings. The summed E-state index contributed by atoms with van der Waals surface area (Å²) in [6.45, 7) is 4.28. The minimum absolute atomic E-state index is 1.12. The molecule has 0 aromatic heterocycles. The van der Waals surface area contributed by atoms with Gasteiger partial charge in [0.1, 0.15) is 0 Å². The van der Waals surface area contributed by atoms with E-state index in [1.165, 1.54) is 21.9 Å². The fraction of sp³-hybridized carbons (Fsp3) is 0.0455. The van der Waals surface area contributed by atoms with Gasteiger partial charge in [0.25, 0.3) is 0 Å². The molecule has 46 heavy (non-hydrogen) atoms. The Labute approximate surface area is 272 Å². The highest BCUT2D eigenvalue weighted by Crippen LogP contribution is 2.39. The van der Waals surface area contributed by atoms with E-state index in [9.17, 15) is 0 Å². The largest absolute Gasteiger partial charge is 0.310 e. The molecule has 0 spiro atoms. The first-order chi connectivity index (χ1) is 22.6. The number of nitrogens with zero attached hydrogens (tertiary/aromatic N) is 2. The second-order valence-corrected chi connectivity index (χ2v) is 11.7. The zero-order valence-corrected chi connectivity index (χ0v) is 26.2. The maximum Gasteiger partial charge on any atom is 0.0540 e. The van der Waals surface area contributed by atoms with E-state index < -0.39 is 0 Å². The van der Waals surface area contributed by atoms with Gasteiger partial charge in [0.05, 0.1) is 5.69 Å². The Kier molecular flexibility index (Phi) is 8.17. The summed E-state index contributed by atoms with van der Waals surface area (Å²) < 4.78 is 0. The fourth-order valence-electron chi connectivity index (χ4n) is 6.05. The summed E-state index contributed by atoms with van der Waals surface area (Å²) in [5.74, 6) is 0. The minimum atomic E-state index is 1.12. The molecule has 2 nitrogen and oxygen atoms in total. The first-order valence-corrected chi connectivity index (χ1v) is 15.8. The summed E-state index contributed by atoms with van der Waals surface area (Å²) in [7, 11) is 0. The molecule has 0 heterocycles. The Bertz CT molecular complexity index is 2060. The quantitative estimate of drug-likeness (QED) is 0.162. The maximum atomic E-state index is 2.34. The normalized spacial score (nSPS) is 11.2. The molecule has 0 saturated heterocycles. The number of benzene rings is 7. The number of aryl methyl sites for hydroxylation is 2. The third-order valence-corrected chi connectivity index (χ3v) is 8.31. The molecular formula is C44H36N2. The first-order valence-electron chi connectivity index (χ1n) is 15.8. The van der Waals surface area contributed by atoms with E-state index in [1.54, 1.807) is 0 Å². The SMILES string of the molecule is Cc1cccc(N(c2ccc(C=Cc3ccc(N(c4ccccc4)c4cccc5ccccc45)cc3)cc2)c2cccc(C)c2)c1. The van der Waals surface area contributed by atoms with E-state index in [0.717, 1.165) is 45.3 Å². The highest BCUT2D eigenvalue weighted by Gasteiger charge is 2.15. The molecule has 0 fully saturated rings. The van der Waals surface area contributed by atoms with E-state index in [0.29, 0.717) is 0 Å². The second-order valence-electron chi connectivity index (χ2n) is 11.7. The van der Waals surface area contributed by atoms with Crippen molar-refractivity contribution in [3.8, 4) is 0 Å². The van der Waals surface area contributed by atoms with Crippen molar-refractivity contribution in [1.29, 1.82) is 0 Å². The second kappa shape index (κ2) is 13.0. The summed E-state index contributed by atoms with van der Waals surface area (Å²) in [5.41, 5.74) is 11.6. The molecular weight excluding hydrogens is 556 g/mol. The summed E-state index contributed by atoms with van der Waals surface area (Å²) in [5, 5.41) is 2.46. The van der Waals surface area contributed by atoms with E-state index in [4.69, 9.17) is 0 Å². The molecule has 7 aromatic carbocycles. The molecule has 0 N–H and O–H groups in total. The van der Waals surface area contributed by atoms with Crippen LogP contribution in [0, 0.1) is 13.8 Å². The van der Waals surface area contributed by atoms with E-state index in [1.807, 2.05) is 0 Å². The van der Waals surface area contributed by atoms with Crippen LogP contribution in [0.25, 0.3) is 22.9 Å². The molecule has 0 aliphatic heterocycles. The molecule has 2 heteroatoms. The molecule has 0 amide bonds. The van der Waals surface area contributed by atoms with Gasteiger partial charge in [-0.15, -0.1) is 0 Å². The lowest BCUT2D eigenvalue weighted by Crippen LogP contribution is -2.10. The molecule has 0 saturated carbocycles. The Morgan fingerprint density at radius 3 is 1.41 bits per heavy atom. The third kappa shape index (κ3) is 6.20. The van der Waals surface area contributed by atoms with Crippen LogP contribution >= 0.6 is 0 Å². The molecule has 7 rings (SSSR count). The van der Waals surface area contributed by atoms with Crippen LogP contribution in [0.15, 0.2) is 170 Å². The summed E-state index contributed by atoms with van der Waals surface area (Å²) in [4.78, 5) is 4.66. The summed E-state index contributed by atoms with van der Waals surface area (Å²) >= 11 is 0. The minimum Gasteiger partial charge on any atom is -0.310 e. The van der Waals surface area contributed by atoms with Crippen LogP contribution in [0.1, 0.15) is 22.3 Å². The standard InChI is InChI=1S/C44H36N2/c1-33-11-8-17-41(31-33)45(42-18-9-12-34(2)32-42)39-27-23-35(24-28-39)21-22-36-25-29-40(30-26-36)46(38-15-4-3-5-16-38)44-20-10-14-37-13-6-7-19-43(37)44/h3-32H,1-2H3. The van der Waals surface area contributed by atoms with E-state index in [2.05, 4.69) is 206 Å². The van der Waals surface area contributed by atoms with Crippen molar-refractivity contribution in [2.45, 2.75) is 13.8 Å². The number of anilines is 6. The lowest BCUT2D eigenvalue weighted by molar-refractivity contribution is 1.26. The zero-order chi connectivity index (χ0) is 31.3. The number of rotatable bonds is 8. The lowest BCUT2D eigenvalue weighted by Gasteiger charge is -2.27. The average molecular weight is 593 g/mol. The lowest BCUT2D eigenvalue weighted by atomic mass is 10.1. The van der Waals surface area contributed by atoms with Gasteiger partial charge in [-0.2, -0.15) is 0 Å². The topological polar surface area (TPSA) is 6.48 Å². The number of hydrogen-bond acceptors (Lipinski definition) is 2. The number of fused-ring (bicyclic) bond motifs is 1. The molecule has 0 bridgehead atoms. The molecule has 0 aliphatic carbocycles. The average Bonchev–Trinajstić information content (AvgIpc) is 3.09. The predicted molar refractivity (Wildman–Crippen MR) is 198 cm³/mol. The third-order valence-electron chi connectivity index (χ3n) is 8.31. The van der Waals surface area contributed by atoms with Crippen LogP contribution in [-0.4, -0.2) is 0 Å². The van der Waals surface area contributed by atoms with E-state index in [-0.39, 0.29) is 0 Å². The fourth-order valence-corrected chi connectivity index (χ4v) is 6.05. The zero-order valence-electron chi connectivity index (χ0n) is 26.2. The van der Waals surface area contributed by atoms with Gasteiger partial charge in [-0.1, -0.05) is 115 Å². The Morgan fingerprint density at radius 1 is 0.370 bits per heavy atom. The van der Waals surface area contributed by atoms with Gasteiger partial charge in [0.15, 0.2) is 0 Å². The maximum absolute atomic E-state index is 2.34. The molecule has 222 valence electrons. The van der Waals surface area contributed by atoms with Crippen molar-refractivity contribution in [2.75, 3.05) is 9.80 Å². The van der Waals surface area contributed by atoms with Crippen LogP contribution in [0.2, 0.25) is 0 Å². The van der Waals surface area contributed by atoms with Crippen molar-refractivity contribution >= 4 is 57.0 Å². The highest BCUT2D eigenvalue weighted by atomic mass is 15.1. The van der Waals surface area contributed by atoms with Crippen LogP contribution in [0.3, 0.4) is 0 Å². The van der Waals surface area contributed by atoms with Gasteiger partial charge >= 0.3 is 0 Å². The van der Waals surface area contributed by atoms with Gasteiger partial charge in [-0.3, -0.25) is 0 Å². The van der Waals surface area contributed by atoms with Gasteiger partial charge in [0.2, 0.25) is 0 Å². The predicted octanol–water partition coefficient (Wildman–Crippen LogP) is 12.6. The Balaban J connectivity index is 1.16. The Hall–Kier alpha value is -5.86. The van der Waals surface area contributed by atoms with E-state index >= 15 is 0 Å². The van der Waals surface area contributed by atoms with Crippen LogP contribution in [-0.2, 0) is 0 Å². The van der Waals surface area contributed by atoms with Crippen molar-refractivity contribution in [3.05, 3.63) is 192 Å². The molecule has 0 atom stereocenters. The number of para-hydroxylation sites is 1. The molecule has 7 aromatic rings. The van der Waals surface area contributed by atoms with Crippen LogP contribution in [0.5, 0.6) is 0 Å². The molecule has 0 unspecified atom stereocenters. The van der Waals surface area contributed by atoms with Crippen molar-refractivity contribution in [1.82, 2.24) is 0 Å².